The zero-order valence-corrected chi connectivity index (χ0v) is 18.6. The SMILES string of the molecule is COP(=O)(OC)C1=C(COC(C)=O)CS[C@H]2[C@@H](NC(=O)Cc3cccs3)C(=O)N12. The maximum atomic E-state index is 13.1. The van der Waals surface area contributed by atoms with Crippen molar-refractivity contribution >= 4 is 48.5 Å². The first-order valence-electron chi connectivity index (χ1n) is 8.64. The number of hydrogen-bond donors (Lipinski definition) is 1. The van der Waals surface area contributed by atoms with E-state index in [1.54, 1.807) is 0 Å². The molecule has 1 aromatic heterocycles. The number of ether oxygens (including phenoxy) is 1. The smallest absolute Gasteiger partial charge is 0.377 e. The van der Waals surface area contributed by atoms with Crippen LogP contribution in [0.15, 0.2) is 28.5 Å². The van der Waals surface area contributed by atoms with Gasteiger partial charge in [0, 0.05) is 37.3 Å². The maximum Gasteiger partial charge on any atom is 0.377 e. The predicted molar refractivity (Wildman–Crippen MR) is 108 cm³/mol. The first-order valence-corrected chi connectivity index (χ1v) is 12.1. The molecule has 1 N–H and O–H groups in total. The van der Waals surface area contributed by atoms with Crippen molar-refractivity contribution in [3.63, 3.8) is 0 Å². The molecule has 158 valence electrons. The van der Waals surface area contributed by atoms with Crippen LogP contribution in [-0.4, -0.2) is 60.7 Å². The zero-order chi connectivity index (χ0) is 21.2. The van der Waals surface area contributed by atoms with Crippen molar-refractivity contribution in [2.24, 2.45) is 0 Å². The zero-order valence-electron chi connectivity index (χ0n) is 16.1. The number of carbonyl (C=O) groups is 3. The molecule has 1 aromatic rings. The molecule has 9 nitrogen and oxygen atoms in total. The minimum Gasteiger partial charge on any atom is -0.461 e. The lowest BCUT2D eigenvalue weighted by atomic mass is 10.1. The van der Waals surface area contributed by atoms with E-state index in [-0.39, 0.29) is 24.4 Å². The second kappa shape index (κ2) is 9.01. The highest BCUT2D eigenvalue weighted by atomic mass is 32.2. The van der Waals surface area contributed by atoms with Crippen molar-refractivity contribution < 1.29 is 32.7 Å². The van der Waals surface area contributed by atoms with E-state index in [1.165, 1.54) is 49.1 Å². The van der Waals surface area contributed by atoms with Crippen molar-refractivity contribution in [2.75, 3.05) is 26.6 Å². The fourth-order valence-electron chi connectivity index (χ4n) is 3.08. The molecule has 0 unspecified atom stereocenters. The van der Waals surface area contributed by atoms with Gasteiger partial charge in [-0.1, -0.05) is 6.07 Å². The molecule has 29 heavy (non-hydrogen) atoms. The van der Waals surface area contributed by atoms with E-state index < -0.39 is 30.9 Å². The van der Waals surface area contributed by atoms with Crippen LogP contribution < -0.4 is 5.32 Å². The molecular formula is C17H21N2O7PS2. The standard InChI is InChI=1S/C17H21N2O7PS2/c1-10(20)26-8-11-9-29-17-14(18-13(21)7-12-5-4-6-28-12)15(22)19(17)16(11)27(23,24-2)25-3/h4-6,14,17H,7-9H2,1-3H3,(H,18,21)/t14-,17-/m0/s1. The highest BCUT2D eigenvalue weighted by molar-refractivity contribution is 8.00. The van der Waals surface area contributed by atoms with E-state index in [9.17, 15) is 18.9 Å². The van der Waals surface area contributed by atoms with Crippen LogP contribution in [0.5, 0.6) is 0 Å². The van der Waals surface area contributed by atoms with Gasteiger partial charge < -0.3 is 19.1 Å². The second-order valence-corrected chi connectivity index (χ2v) is 10.6. The lowest BCUT2D eigenvalue weighted by Crippen LogP contribution is -2.70. The van der Waals surface area contributed by atoms with E-state index in [4.69, 9.17) is 13.8 Å². The van der Waals surface area contributed by atoms with E-state index in [0.717, 1.165) is 4.88 Å². The van der Waals surface area contributed by atoms with Crippen LogP contribution in [0.4, 0.5) is 0 Å². The lowest BCUT2D eigenvalue weighted by molar-refractivity contribution is -0.145. The number of hydrogen-bond acceptors (Lipinski definition) is 9. The van der Waals surface area contributed by atoms with E-state index in [2.05, 4.69) is 5.32 Å². The molecule has 2 aliphatic heterocycles. The summed E-state index contributed by atoms with van der Waals surface area (Å²) in [5, 5.41) is 4.19. The Bertz CT molecular complexity index is 878. The summed E-state index contributed by atoms with van der Waals surface area (Å²) in [5.41, 5.74) is 0.562. The number of thioether (sulfide) groups is 1. The van der Waals surface area contributed by atoms with Gasteiger partial charge in [0.1, 0.15) is 23.5 Å². The molecule has 0 saturated carbocycles. The molecule has 0 aliphatic carbocycles. The molecule has 0 radical (unpaired) electrons. The lowest BCUT2D eigenvalue weighted by Gasteiger charge is -2.50. The Morgan fingerprint density at radius 1 is 1.34 bits per heavy atom. The van der Waals surface area contributed by atoms with E-state index in [0.29, 0.717) is 11.3 Å². The maximum absolute atomic E-state index is 13.1. The number of nitrogens with zero attached hydrogens (tertiary/aromatic N) is 1. The van der Waals surface area contributed by atoms with Crippen molar-refractivity contribution in [3.8, 4) is 0 Å². The van der Waals surface area contributed by atoms with Gasteiger partial charge in [-0.05, 0) is 11.4 Å². The van der Waals surface area contributed by atoms with Gasteiger partial charge in [0.15, 0.2) is 0 Å². The number of β-lactam (4-membered cyclic amide) rings is 1. The van der Waals surface area contributed by atoms with Gasteiger partial charge >= 0.3 is 13.6 Å². The van der Waals surface area contributed by atoms with Crippen LogP contribution >= 0.6 is 30.7 Å². The second-order valence-electron chi connectivity index (χ2n) is 6.28. The molecule has 3 heterocycles. The van der Waals surface area contributed by atoms with E-state index in [1.807, 2.05) is 17.5 Å². The summed E-state index contributed by atoms with van der Waals surface area (Å²) < 4.78 is 28.3. The number of carbonyl (C=O) groups excluding carboxylic acids is 3. The third kappa shape index (κ3) is 4.44. The molecular weight excluding hydrogens is 439 g/mol. The molecule has 1 fully saturated rings. The summed E-state index contributed by atoms with van der Waals surface area (Å²) in [6.45, 7) is 1.14. The van der Waals surface area contributed by atoms with Crippen molar-refractivity contribution in [1.82, 2.24) is 10.2 Å². The number of fused-ring (bicyclic) bond motifs is 1. The normalized spacial score (nSPS) is 21.5. The summed E-state index contributed by atoms with van der Waals surface area (Å²) in [6.07, 6.45) is 0.188. The van der Waals surface area contributed by atoms with Gasteiger partial charge in [0.05, 0.1) is 6.42 Å². The quantitative estimate of drug-likeness (QED) is 0.356. The van der Waals surface area contributed by atoms with E-state index >= 15 is 0 Å². The molecule has 2 atom stereocenters. The Morgan fingerprint density at radius 3 is 2.66 bits per heavy atom. The molecule has 0 spiro atoms. The summed E-state index contributed by atoms with van der Waals surface area (Å²) in [7, 11) is -1.34. The predicted octanol–water partition coefficient (Wildman–Crippen LogP) is 1.95. The van der Waals surface area contributed by atoms with Crippen molar-refractivity contribution in [1.29, 1.82) is 0 Å². The number of amides is 2. The largest absolute Gasteiger partial charge is 0.461 e. The van der Waals surface area contributed by atoms with Gasteiger partial charge in [0.25, 0.3) is 5.91 Å². The first kappa shape index (κ1) is 22.0. The molecule has 1 saturated heterocycles. The summed E-state index contributed by atoms with van der Waals surface area (Å²) >= 11 is 2.85. The Morgan fingerprint density at radius 2 is 2.07 bits per heavy atom. The number of esters is 1. The first-order chi connectivity index (χ1) is 13.8. The molecule has 0 aromatic carbocycles. The van der Waals surface area contributed by atoms with Gasteiger partial charge in [-0.25, -0.2) is 0 Å². The van der Waals surface area contributed by atoms with Crippen LogP contribution in [-0.2, 0) is 39.2 Å². The van der Waals surface area contributed by atoms with Crippen LogP contribution in [0.1, 0.15) is 11.8 Å². The van der Waals surface area contributed by atoms with Gasteiger partial charge in [-0.2, -0.15) is 0 Å². The minimum absolute atomic E-state index is 0.0845. The summed E-state index contributed by atoms with van der Waals surface area (Å²) in [4.78, 5) is 38.6. The third-order valence-electron chi connectivity index (χ3n) is 4.44. The van der Waals surface area contributed by atoms with Crippen LogP contribution in [0.2, 0.25) is 0 Å². The van der Waals surface area contributed by atoms with Crippen LogP contribution in [0.3, 0.4) is 0 Å². The highest BCUT2D eigenvalue weighted by Crippen LogP contribution is 2.61. The molecule has 2 amide bonds. The Hall–Kier alpha value is -1.65. The summed E-state index contributed by atoms with van der Waals surface area (Å²) in [6, 6.07) is 2.97. The topological polar surface area (TPSA) is 111 Å². The number of rotatable bonds is 8. The third-order valence-corrected chi connectivity index (χ3v) is 8.66. The molecule has 0 bridgehead atoms. The summed E-state index contributed by atoms with van der Waals surface area (Å²) in [5.74, 6) is -0.817. The average molecular weight is 460 g/mol. The van der Waals surface area contributed by atoms with Crippen LogP contribution in [0, 0.1) is 0 Å². The minimum atomic E-state index is -3.79. The monoisotopic (exact) mass is 460 g/mol. The van der Waals surface area contributed by atoms with Gasteiger partial charge in [0.2, 0.25) is 5.91 Å². The van der Waals surface area contributed by atoms with Crippen LogP contribution in [0.25, 0.3) is 0 Å². The van der Waals surface area contributed by atoms with Gasteiger partial charge in [-0.15, -0.1) is 23.1 Å². The fourth-order valence-corrected chi connectivity index (χ4v) is 6.81. The Kier molecular flexibility index (Phi) is 6.85. The number of thiophene rings is 1. The number of nitrogens with one attached hydrogen (secondary N) is 1. The van der Waals surface area contributed by atoms with Gasteiger partial charge in [-0.3, -0.25) is 23.8 Å². The fraction of sp³-hybridized carbons (Fsp3) is 0.471. The molecule has 2 aliphatic rings. The molecule has 12 heteroatoms. The Balaban J connectivity index is 1.80. The molecule has 3 rings (SSSR count). The highest BCUT2D eigenvalue weighted by Gasteiger charge is 2.57. The van der Waals surface area contributed by atoms with Crippen molar-refractivity contribution in [2.45, 2.75) is 24.8 Å². The van der Waals surface area contributed by atoms with Crippen molar-refractivity contribution in [3.05, 3.63) is 33.4 Å². The Labute approximate surface area is 176 Å². The average Bonchev–Trinajstić information content (AvgIpc) is 3.21.